The highest BCUT2D eigenvalue weighted by molar-refractivity contribution is 5.84. The van der Waals surface area contributed by atoms with Gasteiger partial charge in [0.2, 0.25) is 0 Å². The van der Waals surface area contributed by atoms with Gasteiger partial charge in [-0.3, -0.25) is 0 Å². The fourth-order valence-corrected chi connectivity index (χ4v) is 2.40. The van der Waals surface area contributed by atoms with E-state index >= 15 is 0 Å². The maximum atomic E-state index is 13.4. The van der Waals surface area contributed by atoms with Crippen LogP contribution in [0.2, 0.25) is 0 Å². The van der Waals surface area contributed by atoms with Crippen molar-refractivity contribution in [3.05, 3.63) is 65.5 Å². The quantitative estimate of drug-likeness (QED) is 0.551. The predicted molar refractivity (Wildman–Crippen MR) is 76.9 cm³/mol. The minimum Gasteiger partial charge on any atom is -0.248 e. The molecule has 1 nitrogen and oxygen atoms in total. The van der Waals surface area contributed by atoms with Crippen LogP contribution < -0.4 is 0 Å². The number of benzene rings is 2. The van der Waals surface area contributed by atoms with E-state index in [2.05, 4.69) is 4.98 Å². The molecule has 2 aromatic carbocycles. The van der Waals surface area contributed by atoms with Crippen LogP contribution in [0.5, 0.6) is 0 Å². The van der Waals surface area contributed by atoms with Gasteiger partial charge in [0.25, 0.3) is 0 Å². The first kappa shape index (κ1) is 14.5. The molecule has 0 spiro atoms. The largest absolute Gasteiger partial charge is 0.419 e. The van der Waals surface area contributed by atoms with Crippen LogP contribution in [0.4, 0.5) is 17.6 Å². The molecule has 0 aliphatic rings. The van der Waals surface area contributed by atoms with Gasteiger partial charge in [0, 0.05) is 10.9 Å². The predicted octanol–water partition coefficient (Wildman–Crippen LogP) is 5.37. The first-order valence-corrected chi connectivity index (χ1v) is 6.60. The number of fused-ring (bicyclic) bond motifs is 1. The van der Waals surface area contributed by atoms with Gasteiger partial charge in [-0.05, 0) is 42.8 Å². The number of hydrogen-bond acceptors (Lipinski definition) is 1. The zero-order valence-corrected chi connectivity index (χ0v) is 11.6. The molecule has 0 aliphatic heterocycles. The minimum absolute atomic E-state index is 0.238. The van der Waals surface area contributed by atoms with Crippen LogP contribution in [0.15, 0.2) is 48.5 Å². The number of para-hydroxylation sites is 1. The second-order valence-corrected chi connectivity index (χ2v) is 5.03. The van der Waals surface area contributed by atoms with E-state index in [1.807, 2.05) is 25.1 Å². The molecule has 0 aliphatic carbocycles. The molecular formula is C17H11F4N. The standard InChI is InChI=1S/C17H11F4N/c1-10-8-16(22-15-5-3-2-4-12(10)15)11-6-7-14(18)13(9-11)17(19,20)21/h2-9H,1H3. The number of halogens is 4. The average Bonchev–Trinajstić information content (AvgIpc) is 2.46. The summed E-state index contributed by atoms with van der Waals surface area (Å²) >= 11 is 0. The SMILES string of the molecule is Cc1cc(-c2ccc(F)c(C(F)(F)F)c2)nc2ccccc12. The summed E-state index contributed by atoms with van der Waals surface area (Å²) in [5, 5.41) is 0.935. The molecule has 3 aromatic rings. The van der Waals surface area contributed by atoms with Gasteiger partial charge < -0.3 is 0 Å². The van der Waals surface area contributed by atoms with Gasteiger partial charge in [-0.15, -0.1) is 0 Å². The van der Waals surface area contributed by atoms with Gasteiger partial charge in [-0.1, -0.05) is 18.2 Å². The Bertz CT molecular complexity index is 853. The average molecular weight is 305 g/mol. The zero-order chi connectivity index (χ0) is 15.9. The highest BCUT2D eigenvalue weighted by Crippen LogP contribution is 2.34. The van der Waals surface area contributed by atoms with Crippen molar-refractivity contribution in [3.63, 3.8) is 0 Å². The number of hydrogen-bond donors (Lipinski definition) is 0. The third-order valence-electron chi connectivity index (χ3n) is 3.49. The van der Waals surface area contributed by atoms with Crippen LogP contribution in [0, 0.1) is 12.7 Å². The highest BCUT2D eigenvalue weighted by Gasteiger charge is 2.34. The maximum Gasteiger partial charge on any atom is 0.419 e. The Morgan fingerprint density at radius 2 is 1.68 bits per heavy atom. The third-order valence-corrected chi connectivity index (χ3v) is 3.49. The molecule has 0 N–H and O–H groups in total. The summed E-state index contributed by atoms with van der Waals surface area (Å²) in [6.07, 6.45) is -4.73. The fraction of sp³-hybridized carbons (Fsp3) is 0.118. The lowest BCUT2D eigenvalue weighted by molar-refractivity contribution is -0.139. The van der Waals surface area contributed by atoms with Crippen LogP contribution in [0.1, 0.15) is 11.1 Å². The van der Waals surface area contributed by atoms with Crippen molar-refractivity contribution >= 4 is 10.9 Å². The second-order valence-electron chi connectivity index (χ2n) is 5.03. The summed E-state index contributed by atoms with van der Waals surface area (Å²) in [7, 11) is 0. The van der Waals surface area contributed by atoms with E-state index in [0.29, 0.717) is 11.2 Å². The summed E-state index contributed by atoms with van der Waals surface area (Å²) in [5.41, 5.74) is 0.941. The molecule has 1 heterocycles. The van der Waals surface area contributed by atoms with Crippen molar-refractivity contribution in [1.29, 1.82) is 0 Å². The smallest absolute Gasteiger partial charge is 0.248 e. The van der Waals surface area contributed by atoms with Crippen molar-refractivity contribution in [2.24, 2.45) is 0 Å². The number of nitrogens with zero attached hydrogens (tertiary/aromatic N) is 1. The van der Waals surface area contributed by atoms with Gasteiger partial charge in [-0.25, -0.2) is 9.37 Å². The van der Waals surface area contributed by atoms with Crippen molar-refractivity contribution < 1.29 is 17.6 Å². The molecule has 0 saturated carbocycles. The van der Waals surface area contributed by atoms with Gasteiger partial charge in [-0.2, -0.15) is 13.2 Å². The molecule has 0 atom stereocenters. The summed E-state index contributed by atoms with van der Waals surface area (Å²) < 4.78 is 51.8. The molecule has 22 heavy (non-hydrogen) atoms. The van der Waals surface area contributed by atoms with E-state index in [1.165, 1.54) is 6.07 Å². The van der Waals surface area contributed by atoms with E-state index in [1.54, 1.807) is 12.1 Å². The first-order valence-electron chi connectivity index (χ1n) is 6.60. The monoisotopic (exact) mass is 305 g/mol. The summed E-state index contributed by atoms with van der Waals surface area (Å²) in [6.45, 7) is 1.86. The summed E-state index contributed by atoms with van der Waals surface area (Å²) in [5.74, 6) is -1.28. The number of alkyl halides is 3. The molecular weight excluding hydrogens is 294 g/mol. The van der Waals surface area contributed by atoms with Gasteiger partial charge >= 0.3 is 6.18 Å². The number of aryl methyl sites for hydroxylation is 1. The molecule has 0 amide bonds. The van der Waals surface area contributed by atoms with Crippen LogP contribution in [0.25, 0.3) is 22.2 Å². The van der Waals surface area contributed by atoms with Crippen molar-refractivity contribution in [1.82, 2.24) is 4.98 Å². The third kappa shape index (κ3) is 2.54. The molecule has 3 rings (SSSR count). The van der Waals surface area contributed by atoms with E-state index in [-0.39, 0.29) is 5.56 Å². The maximum absolute atomic E-state index is 13.4. The van der Waals surface area contributed by atoms with E-state index in [9.17, 15) is 17.6 Å². The lowest BCUT2D eigenvalue weighted by atomic mass is 10.0. The highest BCUT2D eigenvalue weighted by atomic mass is 19.4. The molecule has 0 bridgehead atoms. The van der Waals surface area contributed by atoms with Crippen LogP contribution in [0.3, 0.4) is 0 Å². The molecule has 0 saturated heterocycles. The van der Waals surface area contributed by atoms with Crippen molar-refractivity contribution in [3.8, 4) is 11.3 Å². The minimum atomic E-state index is -4.73. The van der Waals surface area contributed by atoms with Crippen LogP contribution in [-0.2, 0) is 6.18 Å². The Balaban J connectivity index is 2.20. The fourth-order valence-electron chi connectivity index (χ4n) is 2.40. The van der Waals surface area contributed by atoms with Crippen LogP contribution >= 0.6 is 0 Å². The topological polar surface area (TPSA) is 12.9 Å². The van der Waals surface area contributed by atoms with Gasteiger partial charge in [0.05, 0.1) is 16.8 Å². The molecule has 1 aromatic heterocycles. The van der Waals surface area contributed by atoms with E-state index in [4.69, 9.17) is 0 Å². The Morgan fingerprint density at radius 1 is 0.955 bits per heavy atom. The van der Waals surface area contributed by atoms with Gasteiger partial charge in [0.15, 0.2) is 0 Å². The lowest BCUT2D eigenvalue weighted by Crippen LogP contribution is -2.08. The van der Waals surface area contributed by atoms with E-state index < -0.39 is 17.6 Å². The lowest BCUT2D eigenvalue weighted by Gasteiger charge is -2.11. The zero-order valence-electron chi connectivity index (χ0n) is 11.6. The Kier molecular flexibility index (Phi) is 3.35. The van der Waals surface area contributed by atoms with Crippen molar-refractivity contribution in [2.75, 3.05) is 0 Å². The van der Waals surface area contributed by atoms with Crippen molar-refractivity contribution in [2.45, 2.75) is 13.1 Å². The first-order chi connectivity index (χ1) is 10.4. The normalized spacial score (nSPS) is 11.9. The molecule has 112 valence electrons. The summed E-state index contributed by atoms with van der Waals surface area (Å²) in [4.78, 5) is 4.37. The van der Waals surface area contributed by atoms with E-state index in [0.717, 1.165) is 23.1 Å². The number of aromatic nitrogens is 1. The van der Waals surface area contributed by atoms with Gasteiger partial charge in [0.1, 0.15) is 5.82 Å². The Hall–Kier alpha value is -2.43. The molecule has 5 heteroatoms. The van der Waals surface area contributed by atoms with Crippen LogP contribution in [-0.4, -0.2) is 4.98 Å². The molecule has 0 radical (unpaired) electrons. The number of rotatable bonds is 1. The number of pyridine rings is 1. The Labute approximate surface area is 124 Å². The second kappa shape index (κ2) is 5.09. The molecule has 0 fully saturated rings. The molecule has 0 unspecified atom stereocenters. The summed E-state index contributed by atoms with van der Waals surface area (Å²) in [6, 6.07) is 12.0. The Morgan fingerprint density at radius 3 is 2.41 bits per heavy atom.